The van der Waals surface area contributed by atoms with E-state index in [4.69, 9.17) is 0 Å². The van der Waals surface area contributed by atoms with Crippen LogP contribution in [0.25, 0.3) is 0 Å². The van der Waals surface area contributed by atoms with Gasteiger partial charge in [-0.1, -0.05) is 38.0 Å². The first-order valence-electron chi connectivity index (χ1n) is 5.29. The monoisotopic (exact) mass is 187 g/mol. The van der Waals surface area contributed by atoms with Crippen LogP contribution in [0.5, 0.6) is 0 Å². The van der Waals surface area contributed by atoms with Gasteiger partial charge < -0.3 is 0 Å². The Bertz CT molecular complexity index is 342. The van der Waals surface area contributed by atoms with Crippen LogP contribution in [-0.4, -0.2) is 5.71 Å². The van der Waals surface area contributed by atoms with Crippen LogP contribution in [0.3, 0.4) is 0 Å². The highest BCUT2D eigenvalue weighted by atomic mass is 15.3. The number of benzene rings is 1. The summed E-state index contributed by atoms with van der Waals surface area (Å²) in [6.45, 7) is 2.22. The lowest BCUT2D eigenvalue weighted by molar-refractivity contribution is 0.741. The molecule has 0 bridgehead atoms. The Morgan fingerprint density at radius 1 is 1.14 bits per heavy atom. The third-order valence-corrected chi connectivity index (χ3v) is 2.51. The van der Waals surface area contributed by atoms with Crippen LogP contribution in [0, 0.1) is 0 Å². The minimum Gasteiger partial charge on any atom is -0.154 e. The summed E-state index contributed by atoms with van der Waals surface area (Å²) in [5.74, 6) is 0. The molecule has 1 aromatic rings. The van der Waals surface area contributed by atoms with Crippen LogP contribution in [0.2, 0.25) is 0 Å². The standard InChI is InChI=1S/C12H15N2/c1-2-3-4-8-11-10-7-5-6-9-12(10)14-13-11/h5-7,9H,2-4,8H2,1H3. The summed E-state index contributed by atoms with van der Waals surface area (Å²) in [5.41, 5.74) is 7.56. The van der Waals surface area contributed by atoms with E-state index < -0.39 is 0 Å². The Morgan fingerprint density at radius 2 is 2.00 bits per heavy atom. The summed E-state index contributed by atoms with van der Waals surface area (Å²) in [6, 6.07) is 8.18. The molecule has 1 heterocycles. The van der Waals surface area contributed by atoms with E-state index in [1.165, 1.54) is 24.8 Å². The Labute approximate surface area is 85.0 Å². The number of rotatable bonds is 4. The van der Waals surface area contributed by atoms with Gasteiger partial charge in [0.25, 0.3) is 0 Å². The van der Waals surface area contributed by atoms with Gasteiger partial charge in [-0.25, -0.2) is 0 Å². The van der Waals surface area contributed by atoms with Crippen molar-refractivity contribution in [2.24, 2.45) is 5.10 Å². The Hall–Kier alpha value is -1.31. The van der Waals surface area contributed by atoms with Gasteiger partial charge >= 0.3 is 0 Å². The molecule has 1 radical (unpaired) electrons. The van der Waals surface area contributed by atoms with Gasteiger partial charge in [0.2, 0.25) is 0 Å². The second kappa shape index (κ2) is 4.27. The number of hydrogen-bond acceptors (Lipinski definition) is 1. The Morgan fingerprint density at radius 3 is 2.86 bits per heavy atom. The number of unbranched alkanes of at least 4 members (excludes halogenated alkanes) is 2. The zero-order chi connectivity index (χ0) is 9.80. The van der Waals surface area contributed by atoms with Gasteiger partial charge in [0.15, 0.2) is 0 Å². The minimum absolute atomic E-state index is 1.03. The van der Waals surface area contributed by atoms with Crippen LogP contribution < -0.4 is 5.43 Å². The second-order valence-electron chi connectivity index (χ2n) is 3.62. The third kappa shape index (κ3) is 1.79. The average molecular weight is 187 g/mol. The lowest BCUT2D eigenvalue weighted by atomic mass is 10.0. The van der Waals surface area contributed by atoms with Crippen LogP contribution in [0.1, 0.15) is 38.2 Å². The van der Waals surface area contributed by atoms with Gasteiger partial charge in [-0.3, -0.25) is 0 Å². The fourth-order valence-corrected chi connectivity index (χ4v) is 1.70. The molecule has 0 fully saturated rings. The summed E-state index contributed by atoms with van der Waals surface area (Å²) >= 11 is 0. The predicted molar refractivity (Wildman–Crippen MR) is 58.9 cm³/mol. The number of nitrogens with zero attached hydrogens (tertiary/aromatic N) is 2. The van der Waals surface area contributed by atoms with E-state index in [9.17, 15) is 0 Å². The van der Waals surface area contributed by atoms with E-state index in [1.807, 2.05) is 12.1 Å². The molecule has 0 aliphatic carbocycles. The van der Waals surface area contributed by atoms with Gasteiger partial charge in [-0.05, 0) is 18.9 Å². The normalized spacial score (nSPS) is 13.4. The molecule has 0 atom stereocenters. The quantitative estimate of drug-likeness (QED) is 0.647. The van der Waals surface area contributed by atoms with Crippen molar-refractivity contribution in [2.45, 2.75) is 32.6 Å². The molecule has 2 rings (SSSR count). The van der Waals surface area contributed by atoms with E-state index in [0.717, 1.165) is 17.8 Å². The van der Waals surface area contributed by atoms with Crippen LogP contribution >= 0.6 is 0 Å². The second-order valence-corrected chi connectivity index (χ2v) is 3.62. The molecule has 0 saturated heterocycles. The molecule has 0 aromatic heterocycles. The van der Waals surface area contributed by atoms with Gasteiger partial charge in [0.05, 0.1) is 11.4 Å². The van der Waals surface area contributed by atoms with Crippen molar-refractivity contribution in [1.29, 1.82) is 0 Å². The fraction of sp³-hybridized carbons (Fsp3) is 0.417. The Balaban J connectivity index is 2.02. The highest BCUT2D eigenvalue weighted by Crippen LogP contribution is 2.24. The summed E-state index contributed by atoms with van der Waals surface area (Å²) in [4.78, 5) is 0. The van der Waals surface area contributed by atoms with Crippen LogP contribution in [0.15, 0.2) is 29.4 Å². The molecule has 14 heavy (non-hydrogen) atoms. The zero-order valence-electron chi connectivity index (χ0n) is 8.53. The lowest BCUT2D eigenvalue weighted by Gasteiger charge is -2.00. The lowest BCUT2D eigenvalue weighted by Crippen LogP contribution is -1.96. The van der Waals surface area contributed by atoms with E-state index >= 15 is 0 Å². The molecular weight excluding hydrogens is 172 g/mol. The SMILES string of the molecule is CCCCCC1=N[N]c2ccccc21. The fourth-order valence-electron chi connectivity index (χ4n) is 1.70. The summed E-state index contributed by atoms with van der Waals surface area (Å²) in [6.07, 6.45) is 4.82. The van der Waals surface area contributed by atoms with Crippen molar-refractivity contribution in [3.63, 3.8) is 0 Å². The highest BCUT2D eigenvalue weighted by Gasteiger charge is 2.15. The van der Waals surface area contributed by atoms with Crippen molar-refractivity contribution in [1.82, 2.24) is 5.43 Å². The largest absolute Gasteiger partial charge is 0.154 e. The summed E-state index contributed by atoms with van der Waals surface area (Å²) < 4.78 is 0. The van der Waals surface area contributed by atoms with Gasteiger partial charge in [-0.15, -0.1) is 0 Å². The van der Waals surface area contributed by atoms with E-state index in [2.05, 4.69) is 29.6 Å². The molecule has 1 aromatic carbocycles. The molecule has 73 valence electrons. The molecule has 1 aliphatic heterocycles. The van der Waals surface area contributed by atoms with Crippen molar-refractivity contribution in [3.8, 4) is 0 Å². The maximum atomic E-state index is 4.22. The first kappa shape index (κ1) is 9.25. The van der Waals surface area contributed by atoms with E-state index in [-0.39, 0.29) is 0 Å². The van der Waals surface area contributed by atoms with Crippen molar-refractivity contribution in [2.75, 3.05) is 0 Å². The molecule has 0 saturated carbocycles. The molecule has 0 N–H and O–H groups in total. The van der Waals surface area contributed by atoms with Crippen molar-refractivity contribution >= 4 is 11.4 Å². The van der Waals surface area contributed by atoms with Gasteiger partial charge in [-0.2, -0.15) is 10.5 Å². The summed E-state index contributed by atoms with van der Waals surface area (Å²) in [5, 5.41) is 4.22. The zero-order valence-corrected chi connectivity index (χ0v) is 8.53. The average Bonchev–Trinajstić information content (AvgIpc) is 2.63. The van der Waals surface area contributed by atoms with E-state index in [0.29, 0.717) is 0 Å². The van der Waals surface area contributed by atoms with E-state index in [1.54, 1.807) is 0 Å². The molecule has 2 nitrogen and oxygen atoms in total. The first-order chi connectivity index (χ1) is 6.92. The number of fused-ring (bicyclic) bond motifs is 1. The smallest absolute Gasteiger partial charge is 0.0948 e. The molecule has 0 unspecified atom stereocenters. The first-order valence-corrected chi connectivity index (χ1v) is 5.29. The maximum absolute atomic E-state index is 4.22. The molecular formula is C12H15N2. The topological polar surface area (TPSA) is 26.5 Å². The van der Waals surface area contributed by atoms with Gasteiger partial charge in [0.1, 0.15) is 0 Å². The molecule has 0 amide bonds. The summed E-state index contributed by atoms with van der Waals surface area (Å²) in [7, 11) is 0. The van der Waals surface area contributed by atoms with Crippen molar-refractivity contribution in [3.05, 3.63) is 29.8 Å². The number of hydrogen-bond donors (Lipinski definition) is 0. The highest BCUT2D eigenvalue weighted by molar-refractivity contribution is 6.06. The minimum atomic E-state index is 1.03. The maximum Gasteiger partial charge on any atom is 0.0948 e. The third-order valence-electron chi connectivity index (χ3n) is 2.51. The Kier molecular flexibility index (Phi) is 2.82. The van der Waals surface area contributed by atoms with Gasteiger partial charge in [0, 0.05) is 5.56 Å². The van der Waals surface area contributed by atoms with Crippen molar-refractivity contribution < 1.29 is 0 Å². The van der Waals surface area contributed by atoms with Crippen LogP contribution in [0.4, 0.5) is 5.69 Å². The van der Waals surface area contributed by atoms with Crippen LogP contribution in [-0.2, 0) is 0 Å². The molecule has 0 spiro atoms. The molecule has 2 heteroatoms. The molecule has 1 aliphatic rings. The predicted octanol–water partition coefficient (Wildman–Crippen LogP) is 3.22.